The van der Waals surface area contributed by atoms with E-state index in [0.717, 1.165) is 0 Å². The molecule has 0 atom stereocenters. The summed E-state index contributed by atoms with van der Waals surface area (Å²) in [6.07, 6.45) is 0. The van der Waals surface area contributed by atoms with Gasteiger partial charge in [-0.15, -0.1) is 0 Å². The maximum absolute atomic E-state index is 12.9. The van der Waals surface area contributed by atoms with Crippen molar-refractivity contribution in [3.05, 3.63) is 179 Å². The summed E-state index contributed by atoms with van der Waals surface area (Å²) in [5.74, 6) is -3.16. The third kappa shape index (κ3) is 15.0. The summed E-state index contributed by atoms with van der Waals surface area (Å²) in [5, 5.41) is 21.7. The van der Waals surface area contributed by atoms with E-state index in [0.29, 0.717) is 34.1 Å². The lowest BCUT2D eigenvalue weighted by atomic mass is 10.2. The predicted molar refractivity (Wildman–Crippen MR) is 304 cm³/mol. The van der Waals surface area contributed by atoms with Crippen molar-refractivity contribution in [3.8, 4) is 0 Å². The Kier molecular flexibility index (Phi) is 19.6. The van der Waals surface area contributed by atoms with Gasteiger partial charge in [-0.05, 0) is 187 Å². The van der Waals surface area contributed by atoms with Crippen LogP contribution in [0.3, 0.4) is 0 Å². The average Bonchev–Trinajstić information content (AvgIpc) is 3.56. The van der Waals surface area contributed by atoms with E-state index >= 15 is 0 Å². The molecule has 0 saturated carbocycles. The van der Waals surface area contributed by atoms with E-state index in [-0.39, 0.29) is 73.0 Å². The standard InChI is InChI=1S/C54H60N9O12P3/c1-7-70-49(64)37-13-25-43(26-14-37)55-76(56-44-27-15-38(16-28-44)50(65)71-8-2)61-77(57-45-29-17-39(18-30-45)51(66)72-9-3,58-46-31-19-40(20-32-46)52(67)73-10-4)63-78(62-76,59-47-33-21-41(22-34-47)53(68)74-11-5)60-48-35-23-42(24-36-48)54(69)75-12-6/h13-36,55-60H,7-12H2,1-6H3. The van der Waals surface area contributed by atoms with Crippen molar-refractivity contribution in [2.45, 2.75) is 41.5 Å². The Labute approximate surface area is 452 Å². The van der Waals surface area contributed by atoms with Crippen LogP contribution in [0.15, 0.2) is 159 Å². The second-order valence-corrected chi connectivity index (χ2v) is 23.6. The smallest absolute Gasteiger partial charge is 0.338 e. The molecule has 6 aromatic carbocycles. The van der Waals surface area contributed by atoms with Crippen molar-refractivity contribution >= 4 is 92.5 Å². The van der Waals surface area contributed by atoms with Crippen LogP contribution in [0.5, 0.6) is 0 Å². The second kappa shape index (κ2) is 26.6. The molecule has 0 aromatic heterocycles. The molecule has 0 spiro atoms. The molecule has 1 heterocycles. The number of hydrogen-bond acceptors (Lipinski definition) is 21. The molecule has 1 aliphatic heterocycles. The van der Waals surface area contributed by atoms with Gasteiger partial charge in [0.05, 0.1) is 73.0 Å². The molecule has 6 aromatic rings. The van der Waals surface area contributed by atoms with Crippen molar-refractivity contribution in [1.82, 2.24) is 0 Å². The van der Waals surface area contributed by atoms with Crippen LogP contribution in [-0.2, 0) is 28.4 Å². The van der Waals surface area contributed by atoms with E-state index in [4.69, 9.17) is 42.0 Å². The molecule has 408 valence electrons. The predicted octanol–water partition coefficient (Wildman–Crippen LogP) is 13.6. The number of carbonyl (C=O) groups is 6. The molecule has 0 aliphatic carbocycles. The van der Waals surface area contributed by atoms with Crippen LogP contribution in [0.1, 0.15) is 104 Å². The first-order valence-corrected chi connectivity index (χ1v) is 30.0. The number of hydrogen-bond donors (Lipinski definition) is 6. The largest absolute Gasteiger partial charge is 0.462 e. The Hall–Kier alpha value is -8.37. The zero-order valence-electron chi connectivity index (χ0n) is 43.7. The monoisotopic (exact) mass is 1120 g/mol. The Morgan fingerprint density at radius 2 is 0.397 bits per heavy atom. The van der Waals surface area contributed by atoms with Crippen LogP contribution < -0.4 is 30.5 Å². The highest BCUT2D eigenvalue weighted by atomic mass is 31.3. The van der Waals surface area contributed by atoms with Gasteiger partial charge in [0.15, 0.2) is 0 Å². The van der Waals surface area contributed by atoms with Gasteiger partial charge in [0, 0.05) is 34.1 Å². The third-order valence-electron chi connectivity index (χ3n) is 10.9. The number of nitrogens with one attached hydrogen (secondary N) is 6. The van der Waals surface area contributed by atoms with Crippen LogP contribution in [0, 0.1) is 0 Å². The van der Waals surface area contributed by atoms with Crippen molar-refractivity contribution in [2.24, 2.45) is 13.5 Å². The molecule has 78 heavy (non-hydrogen) atoms. The highest BCUT2D eigenvalue weighted by Crippen LogP contribution is 2.76. The van der Waals surface area contributed by atoms with Crippen LogP contribution in [0.25, 0.3) is 0 Å². The topological polar surface area (TPSA) is 267 Å². The molecule has 21 nitrogen and oxygen atoms in total. The normalized spacial score (nSPS) is 13.5. The minimum Gasteiger partial charge on any atom is -0.462 e. The first-order valence-electron chi connectivity index (χ1n) is 24.9. The molecular weight excluding hydrogens is 1060 g/mol. The average molecular weight is 1120 g/mol. The van der Waals surface area contributed by atoms with E-state index in [2.05, 4.69) is 30.5 Å². The summed E-state index contributed by atoms with van der Waals surface area (Å²) in [6, 6.07) is 39.4. The van der Waals surface area contributed by atoms with Gasteiger partial charge in [0.25, 0.3) is 22.5 Å². The van der Waals surface area contributed by atoms with E-state index in [1.165, 1.54) is 0 Å². The Morgan fingerprint density at radius 3 is 0.513 bits per heavy atom. The fourth-order valence-electron chi connectivity index (χ4n) is 7.42. The van der Waals surface area contributed by atoms with Gasteiger partial charge in [-0.25, -0.2) is 28.8 Å². The number of rotatable bonds is 24. The molecule has 0 saturated heterocycles. The van der Waals surface area contributed by atoms with Crippen molar-refractivity contribution in [1.29, 1.82) is 0 Å². The van der Waals surface area contributed by atoms with Crippen molar-refractivity contribution in [2.75, 3.05) is 70.2 Å². The Bertz CT molecular complexity index is 2720. The quantitative estimate of drug-likeness (QED) is 0.0187. The molecule has 0 amide bonds. The summed E-state index contributed by atoms with van der Waals surface area (Å²) < 4.78 is 48.8. The highest BCUT2D eigenvalue weighted by molar-refractivity contribution is 7.89. The molecule has 7 rings (SSSR count). The molecule has 0 fully saturated rings. The fraction of sp³-hybridized carbons (Fsp3) is 0.222. The van der Waals surface area contributed by atoms with Crippen molar-refractivity contribution < 1.29 is 57.2 Å². The minimum atomic E-state index is -3.89. The van der Waals surface area contributed by atoms with E-state index in [9.17, 15) is 28.8 Å². The van der Waals surface area contributed by atoms with Crippen LogP contribution in [0.4, 0.5) is 34.1 Å². The van der Waals surface area contributed by atoms with Crippen LogP contribution >= 0.6 is 22.5 Å². The van der Waals surface area contributed by atoms with Gasteiger partial charge in [-0.1, -0.05) is 0 Å². The van der Waals surface area contributed by atoms with E-state index in [1.807, 2.05) is 0 Å². The number of ether oxygens (including phenoxy) is 6. The van der Waals surface area contributed by atoms with Crippen molar-refractivity contribution in [3.63, 3.8) is 0 Å². The Balaban J connectivity index is 1.57. The summed E-state index contributed by atoms with van der Waals surface area (Å²) in [7, 11) is -11.7. The number of anilines is 6. The van der Waals surface area contributed by atoms with Crippen LogP contribution in [0.2, 0.25) is 0 Å². The third-order valence-corrected chi connectivity index (χ3v) is 20.5. The molecule has 24 heteroatoms. The zero-order chi connectivity index (χ0) is 55.7. The van der Waals surface area contributed by atoms with Gasteiger partial charge in [0.1, 0.15) is 0 Å². The lowest BCUT2D eigenvalue weighted by Crippen LogP contribution is -2.16. The molecular formula is C54H60N9O12P3. The number of carbonyl (C=O) groups excluding carboxylic acids is 6. The molecule has 6 N–H and O–H groups in total. The van der Waals surface area contributed by atoms with E-state index < -0.39 is 58.3 Å². The number of benzene rings is 6. The highest BCUT2D eigenvalue weighted by Gasteiger charge is 2.40. The van der Waals surface area contributed by atoms with Gasteiger partial charge >= 0.3 is 35.8 Å². The first kappa shape index (κ1) is 57.3. The summed E-state index contributed by atoms with van der Waals surface area (Å²) in [6.45, 7) is 11.3. The molecule has 0 radical (unpaired) electrons. The summed E-state index contributed by atoms with van der Waals surface area (Å²) >= 11 is 0. The number of nitrogens with zero attached hydrogens (tertiary/aromatic N) is 3. The van der Waals surface area contributed by atoms with E-state index in [1.54, 1.807) is 187 Å². The molecule has 0 bridgehead atoms. The molecule has 0 unspecified atom stereocenters. The summed E-state index contributed by atoms with van der Waals surface area (Å²) in [5.41, 5.74) is 4.43. The second-order valence-electron chi connectivity index (χ2n) is 16.5. The van der Waals surface area contributed by atoms with Gasteiger partial charge < -0.3 is 58.9 Å². The van der Waals surface area contributed by atoms with Crippen LogP contribution in [-0.4, -0.2) is 75.5 Å². The van der Waals surface area contributed by atoms with Gasteiger partial charge in [-0.2, -0.15) is 13.5 Å². The van der Waals surface area contributed by atoms with Gasteiger partial charge in [-0.3, -0.25) is 0 Å². The molecule has 1 aliphatic rings. The summed E-state index contributed by atoms with van der Waals surface area (Å²) in [4.78, 5) is 77.6. The Morgan fingerprint density at radius 1 is 0.269 bits per heavy atom. The lowest BCUT2D eigenvalue weighted by Gasteiger charge is -2.38. The maximum atomic E-state index is 12.9. The first-order chi connectivity index (χ1) is 37.6. The zero-order valence-corrected chi connectivity index (χ0v) is 46.4. The maximum Gasteiger partial charge on any atom is 0.338 e. The number of esters is 6. The minimum absolute atomic E-state index is 0.166. The SMILES string of the molecule is CCOC(=O)c1ccc(NP2(Nc3ccc(C(=O)OCC)cc3)=NP(Nc3ccc(C(=O)OCC)cc3)(Nc3ccc(C(=O)OCC)cc3)=NP(Nc3ccc(C(=O)OCC)cc3)(Nc3ccc(C(=O)OCC)cc3)=N2)cc1. The fourth-order valence-corrected chi connectivity index (χ4v) is 18.7. The van der Waals surface area contributed by atoms with Gasteiger partial charge in [0.2, 0.25) is 0 Å². The lowest BCUT2D eigenvalue weighted by molar-refractivity contribution is 0.0517.